The number of hydrogen-bond donors (Lipinski definition) is 1. The number of rotatable bonds is 7. The first-order valence-electron chi connectivity index (χ1n) is 7.81. The fourth-order valence-corrected chi connectivity index (χ4v) is 2.59. The van der Waals surface area contributed by atoms with Crippen LogP contribution in [0.3, 0.4) is 0 Å². The largest absolute Gasteiger partial charge is 0.491 e. The fraction of sp³-hybridized carbons (Fsp3) is 0.263. The average Bonchev–Trinajstić information content (AvgIpc) is 2.55. The van der Waals surface area contributed by atoms with E-state index in [9.17, 15) is 4.79 Å². The third-order valence-electron chi connectivity index (χ3n) is 3.05. The summed E-state index contributed by atoms with van der Waals surface area (Å²) in [7, 11) is 0. The van der Waals surface area contributed by atoms with Gasteiger partial charge in [0, 0.05) is 4.90 Å². The van der Waals surface area contributed by atoms with Crippen molar-refractivity contribution in [3.05, 3.63) is 59.7 Å². The van der Waals surface area contributed by atoms with Crippen LogP contribution in [-0.4, -0.2) is 24.0 Å². The van der Waals surface area contributed by atoms with Crippen molar-refractivity contribution in [1.29, 1.82) is 0 Å². The van der Waals surface area contributed by atoms with Crippen LogP contribution in [0.4, 0.5) is 0 Å². The molecule has 0 saturated carbocycles. The van der Waals surface area contributed by atoms with Gasteiger partial charge in [-0.25, -0.2) is 5.43 Å². The second-order valence-electron chi connectivity index (χ2n) is 5.63. The molecule has 0 aromatic heterocycles. The van der Waals surface area contributed by atoms with Crippen LogP contribution in [0.5, 0.6) is 5.75 Å². The number of benzene rings is 2. The summed E-state index contributed by atoms with van der Waals surface area (Å²) in [4.78, 5) is 12.9. The zero-order chi connectivity index (χ0) is 17.4. The molecule has 0 radical (unpaired) electrons. The van der Waals surface area contributed by atoms with Gasteiger partial charge in [0.25, 0.3) is 0 Å². The quantitative estimate of drug-likeness (QED) is 0.470. The molecule has 5 heteroatoms. The number of carbonyl (C=O) groups excluding carboxylic acids is 1. The van der Waals surface area contributed by atoms with Crippen LogP contribution in [0.25, 0.3) is 0 Å². The summed E-state index contributed by atoms with van der Waals surface area (Å²) in [6.07, 6.45) is 1.77. The molecule has 2 aromatic carbocycles. The van der Waals surface area contributed by atoms with Gasteiger partial charge in [0.2, 0.25) is 5.91 Å². The molecule has 1 amide bonds. The van der Waals surface area contributed by atoms with E-state index in [4.69, 9.17) is 4.74 Å². The second-order valence-corrected chi connectivity index (χ2v) is 6.68. The molecule has 2 rings (SSSR count). The highest BCUT2D eigenvalue weighted by molar-refractivity contribution is 8.00. The van der Waals surface area contributed by atoms with Crippen molar-refractivity contribution in [2.45, 2.75) is 31.8 Å². The van der Waals surface area contributed by atoms with Crippen LogP contribution in [0.2, 0.25) is 0 Å². The molecular formula is C19H22N2O2S. The van der Waals surface area contributed by atoms with Crippen molar-refractivity contribution in [3.63, 3.8) is 0 Å². The Morgan fingerprint density at radius 1 is 1.17 bits per heavy atom. The number of thioether (sulfide) groups is 1. The summed E-state index contributed by atoms with van der Waals surface area (Å²) in [5.74, 6) is 1.03. The van der Waals surface area contributed by atoms with E-state index in [0.717, 1.165) is 16.2 Å². The normalized spacial score (nSPS) is 11.0. The molecule has 1 N–H and O–H groups in total. The molecule has 0 atom stereocenters. The lowest BCUT2D eigenvalue weighted by Crippen LogP contribution is -2.19. The Labute approximate surface area is 147 Å². The summed E-state index contributed by atoms with van der Waals surface area (Å²) in [6, 6.07) is 15.7. The van der Waals surface area contributed by atoms with Crippen molar-refractivity contribution in [3.8, 4) is 5.75 Å². The Kier molecular flexibility index (Phi) is 6.88. The Balaban J connectivity index is 1.76. The van der Waals surface area contributed by atoms with Gasteiger partial charge in [0.15, 0.2) is 0 Å². The van der Waals surface area contributed by atoms with Crippen molar-refractivity contribution in [1.82, 2.24) is 5.43 Å². The molecule has 0 saturated heterocycles. The van der Waals surface area contributed by atoms with Gasteiger partial charge in [0.05, 0.1) is 18.1 Å². The second kappa shape index (κ2) is 9.13. The first-order chi connectivity index (χ1) is 11.5. The number of aryl methyl sites for hydroxylation is 1. The monoisotopic (exact) mass is 342 g/mol. The first kappa shape index (κ1) is 18.1. The minimum atomic E-state index is -0.128. The summed E-state index contributed by atoms with van der Waals surface area (Å²) >= 11 is 1.49. The van der Waals surface area contributed by atoms with E-state index in [2.05, 4.69) is 10.5 Å². The molecule has 0 heterocycles. The summed E-state index contributed by atoms with van der Waals surface area (Å²) in [6.45, 7) is 6.01. The zero-order valence-corrected chi connectivity index (χ0v) is 15.0. The minimum Gasteiger partial charge on any atom is -0.491 e. The summed E-state index contributed by atoms with van der Waals surface area (Å²) in [5, 5.41) is 3.98. The molecule has 0 aliphatic carbocycles. The van der Waals surface area contributed by atoms with Gasteiger partial charge in [-0.15, -0.1) is 11.8 Å². The van der Waals surface area contributed by atoms with Crippen molar-refractivity contribution >= 4 is 23.9 Å². The van der Waals surface area contributed by atoms with E-state index in [0.29, 0.717) is 5.75 Å². The van der Waals surface area contributed by atoms with Gasteiger partial charge in [-0.2, -0.15) is 5.10 Å². The Morgan fingerprint density at radius 3 is 2.46 bits per heavy atom. The Hall–Kier alpha value is -2.27. The average molecular weight is 342 g/mol. The van der Waals surface area contributed by atoms with Crippen LogP contribution in [0.1, 0.15) is 25.0 Å². The number of amides is 1. The molecule has 0 unspecified atom stereocenters. The lowest BCUT2D eigenvalue weighted by molar-refractivity contribution is -0.118. The molecule has 0 aliphatic rings. The SMILES string of the molecule is Cc1ccc(SCC(=O)N/N=C\c2ccc(OC(C)C)cc2)cc1. The number of carbonyl (C=O) groups is 1. The lowest BCUT2D eigenvalue weighted by atomic mass is 10.2. The zero-order valence-electron chi connectivity index (χ0n) is 14.2. The van der Waals surface area contributed by atoms with Gasteiger partial charge in [0.1, 0.15) is 5.75 Å². The predicted molar refractivity (Wildman–Crippen MR) is 99.8 cm³/mol. The van der Waals surface area contributed by atoms with Gasteiger partial charge < -0.3 is 4.74 Å². The lowest BCUT2D eigenvalue weighted by Gasteiger charge is -2.09. The molecule has 2 aromatic rings. The maximum Gasteiger partial charge on any atom is 0.250 e. The minimum absolute atomic E-state index is 0.128. The van der Waals surface area contributed by atoms with Crippen molar-refractivity contribution in [2.75, 3.05) is 5.75 Å². The third kappa shape index (κ3) is 6.46. The van der Waals surface area contributed by atoms with Crippen LogP contribution in [-0.2, 0) is 4.79 Å². The molecule has 0 aliphatic heterocycles. The van der Waals surface area contributed by atoms with E-state index >= 15 is 0 Å². The predicted octanol–water partition coefficient (Wildman–Crippen LogP) is 4.02. The van der Waals surface area contributed by atoms with Crippen LogP contribution < -0.4 is 10.2 Å². The van der Waals surface area contributed by atoms with Gasteiger partial charge in [-0.3, -0.25) is 4.79 Å². The Bertz CT molecular complexity index is 680. The van der Waals surface area contributed by atoms with E-state index < -0.39 is 0 Å². The highest BCUT2D eigenvalue weighted by Crippen LogP contribution is 2.17. The number of hydrogen-bond acceptors (Lipinski definition) is 4. The molecule has 0 bridgehead atoms. The standard InChI is InChI=1S/C19H22N2O2S/c1-14(2)23-17-8-6-16(7-9-17)12-20-21-19(22)13-24-18-10-4-15(3)5-11-18/h4-12,14H,13H2,1-3H3,(H,21,22)/b20-12-. The number of ether oxygens (including phenoxy) is 1. The van der Waals surface area contributed by atoms with Crippen molar-refractivity contribution < 1.29 is 9.53 Å². The molecule has 126 valence electrons. The highest BCUT2D eigenvalue weighted by Gasteiger charge is 2.01. The smallest absolute Gasteiger partial charge is 0.250 e. The number of hydrazone groups is 1. The number of nitrogens with one attached hydrogen (secondary N) is 1. The maximum atomic E-state index is 11.8. The number of nitrogens with zero attached hydrogens (tertiary/aromatic N) is 1. The fourth-order valence-electron chi connectivity index (χ4n) is 1.90. The molecule has 0 fully saturated rings. The molecule has 4 nitrogen and oxygen atoms in total. The summed E-state index contributed by atoms with van der Waals surface area (Å²) in [5.41, 5.74) is 4.65. The van der Waals surface area contributed by atoms with E-state index in [1.165, 1.54) is 17.3 Å². The van der Waals surface area contributed by atoms with Crippen LogP contribution in [0.15, 0.2) is 58.5 Å². The topological polar surface area (TPSA) is 50.7 Å². The Morgan fingerprint density at radius 2 is 1.83 bits per heavy atom. The first-order valence-corrected chi connectivity index (χ1v) is 8.79. The van der Waals surface area contributed by atoms with Crippen LogP contribution >= 0.6 is 11.8 Å². The van der Waals surface area contributed by atoms with Gasteiger partial charge in [-0.1, -0.05) is 17.7 Å². The molecular weight excluding hydrogens is 320 g/mol. The summed E-state index contributed by atoms with van der Waals surface area (Å²) < 4.78 is 5.58. The molecule has 0 spiro atoms. The van der Waals surface area contributed by atoms with Gasteiger partial charge >= 0.3 is 0 Å². The molecule has 24 heavy (non-hydrogen) atoms. The van der Waals surface area contributed by atoms with Crippen molar-refractivity contribution in [2.24, 2.45) is 5.10 Å². The highest BCUT2D eigenvalue weighted by atomic mass is 32.2. The van der Waals surface area contributed by atoms with E-state index in [1.54, 1.807) is 6.21 Å². The van der Waals surface area contributed by atoms with Gasteiger partial charge in [-0.05, 0) is 62.7 Å². The maximum absolute atomic E-state index is 11.8. The third-order valence-corrected chi connectivity index (χ3v) is 4.06. The van der Waals surface area contributed by atoms with E-state index in [1.807, 2.05) is 69.3 Å². The van der Waals surface area contributed by atoms with E-state index in [-0.39, 0.29) is 12.0 Å². The van der Waals surface area contributed by atoms with Crippen LogP contribution in [0, 0.1) is 6.92 Å².